The first-order valence-electron chi connectivity index (χ1n) is 9.21. The van der Waals surface area contributed by atoms with Crippen LogP contribution in [0.25, 0.3) is 11.3 Å². The molecule has 0 bridgehead atoms. The van der Waals surface area contributed by atoms with Gasteiger partial charge < -0.3 is 10.6 Å². The Hall–Kier alpha value is -2.97. The van der Waals surface area contributed by atoms with Gasteiger partial charge in [-0.3, -0.25) is 9.59 Å². The molecule has 0 unspecified atom stereocenters. The highest BCUT2D eigenvalue weighted by atomic mass is 32.2. The third-order valence-electron chi connectivity index (χ3n) is 4.50. The lowest BCUT2D eigenvalue weighted by Crippen LogP contribution is -2.26. The summed E-state index contributed by atoms with van der Waals surface area (Å²) in [6, 6.07) is 14.6. The Morgan fingerprint density at radius 3 is 2.41 bits per heavy atom. The van der Waals surface area contributed by atoms with Crippen molar-refractivity contribution in [1.29, 1.82) is 0 Å². The zero-order valence-electron chi connectivity index (χ0n) is 16.3. The van der Waals surface area contributed by atoms with Crippen molar-refractivity contribution >= 4 is 38.7 Å². The molecule has 3 N–H and O–H groups in total. The summed E-state index contributed by atoms with van der Waals surface area (Å²) in [4.78, 5) is 24.6. The molecule has 152 valence electrons. The van der Waals surface area contributed by atoms with Gasteiger partial charge in [0.1, 0.15) is 0 Å². The lowest BCUT2D eigenvalue weighted by Gasteiger charge is -2.15. The zero-order valence-corrected chi connectivity index (χ0v) is 17.1. The van der Waals surface area contributed by atoms with Crippen LogP contribution >= 0.6 is 0 Å². The number of carbonyl (C=O) groups excluding carboxylic acids is 2. The van der Waals surface area contributed by atoms with Gasteiger partial charge in [-0.2, -0.15) is 0 Å². The fourth-order valence-electron chi connectivity index (χ4n) is 3.13. The number of benzene rings is 2. The van der Waals surface area contributed by atoms with Gasteiger partial charge in [0.15, 0.2) is 5.78 Å². The minimum Gasteiger partial charge on any atom is -0.384 e. The molecule has 0 spiro atoms. The average molecular weight is 413 g/mol. The van der Waals surface area contributed by atoms with E-state index in [-0.39, 0.29) is 11.7 Å². The maximum atomic E-state index is 12.8. The van der Waals surface area contributed by atoms with E-state index in [4.69, 9.17) is 0 Å². The third kappa shape index (κ3) is 5.10. The van der Waals surface area contributed by atoms with Crippen LogP contribution < -0.4 is 15.4 Å². The van der Waals surface area contributed by atoms with Crippen molar-refractivity contribution in [3.63, 3.8) is 0 Å². The average Bonchev–Trinajstić information content (AvgIpc) is 2.99. The molecule has 0 aromatic heterocycles. The number of rotatable bonds is 8. The van der Waals surface area contributed by atoms with Crippen molar-refractivity contribution in [3.8, 4) is 0 Å². The predicted molar refractivity (Wildman–Crippen MR) is 114 cm³/mol. The molecule has 8 heteroatoms. The largest absolute Gasteiger partial charge is 0.384 e. The normalized spacial score (nSPS) is 14.9. The SMILES string of the molecule is CC(=O)c1ccc2c(c1)C(=C(NCCCNS(C)(=O)=O)c1ccccc1)C(=O)N2. The molecule has 1 amide bonds. The summed E-state index contributed by atoms with van der Waals surface area (Å²) in [6.45, 7) is 2.24. The summed E-state index contributed by atoms with van der Waals surface area (Å²) < 4.78 is 24.9. The van der Waals surface area contributed by atoms with Gasteiger partial charge in [0.2, 0.25) is 10.0 Å². The van der Waals surface area contributed by atoms with E-state index in [1.165, 1.54) is 6.92 Å². The molecule has 1 aliphatic rings. The van der Waals surface area contributed by atoms with Gasteiger partial charge in [-0.05, 0) is 37.1 Å². The van der Waals surface area contributed by atoms with E-state index in [0.29, 0.717) is 47.6 Å². The van der Waals surface area contributed by atoms with Crippen molar-refractivity contribution in [2.24, 2.45) is 0 Å². The van der Waals surface area contributed by atoms with Gasteiger partial charge in [-0.1, -0.05) is 30.3 Å². The Morgan fingerprint density at radius 2 is 1.76 bits per heavy atom. The number of anilines is 1. The molecule has 7 nitrogen and oxygen atoms in total. The van der Waals surface area contributed by atoms with Crippen molar-refractivity contribution in [2.75, 3.05) is 24.7 Å². The number of ketones is 1. The molecular weight excluding hydrogens is 390 g/mol. The van der Waals surface area contributed by atoms with Crippen LogP contribution in [0.3, 0.4) is 0 Å². The fraction of sp³-hybridized carbons (Fsp3) is 0.238. The smallest absolute Gasteiger partial charge is 0.258 e. The second-order valence-corrected chi connectivity index (χ2v) is 8.67. The maximum absolute atomic E-state index is 12.8. The second kappa shape index (κ2) is 8.59. The topological polar surface area (TPSA) is 104 Å². The van der Waals surface area contributed by atoms with Crippen molar-refractivity contribution in [2.45, 2.75) is 13.3 Å². The van der Waals surface area contributed by atoms with E-state index in [0.717, 1.165) is 11.8 Å². The molecule has 2 aromatic rings. The molecule has 2 aromatic carbocycles. The van der Waals surface area contributed by atoms with Crippen LogP contribution in [-0.2, 0) is 14.8 Å². The molecular formula is C21H23N3O4S. The first-order chi connectivity index (χ1) is 13.8. The monoisotopic (exact) mass is 413 g/mol. The summed E-state index contributed by atoms with van der Waals surface area (Å²) in [5, 5.41) is 6.13. The van der Waals surface area contributed by atoms with Gasteiger partial charge in [0.25, 0.3) is 5.91 Å². The number of nitrogens with one attached hydrogen (secondary N) is 3. The molecule has 0 saturated heterocycles. The maximum Gasteiger partial charge on any atom is 0.258 e. The van der Waals surface area contributed by atoms with Gasteiger partial charge in [0.05, 0.1) is 17.5 Å². The van der Waals surface area contributed by atoms with E-state index in [9.17, 15) is 18.0 Å². The zero-order chi connectivity index (χ0) is 21.0. The quantitative estimate of drug-likeness (QED) is 0.350. The van der Waals surface area contributed by atoms with Crippen molar-refractivity contribution < 1.29 is 18.0 Å². The summed E-state index contributed by atoms with van der Waals surface area (Å²) in [7, 11) is -3.24. The Kier molecular flexibility index (Phi) is 6.14. The van der Waals surface area contributed by atoms with Gasteiger partial charge in [-0.15, -0.1) is 0 Å². The van der Waals surface area contributed by atoms with E-state index in [2.05, 4.69) is 15.4 Å². The number of carbonyl (C=O) groups is 2. The molecule has 29 heavy (non-hydrogen) atoms. The first-order valence-corrected chi connectivity index (χ1v) is 11.1. The lowest BCUT2D eigenvalue weighted by molar-refractivity contribution is -0.110. The van der Waals surface area contributed by atoms with Crippen LogP contribution in [0.1, 0.15) is 34.8 Å². The molecule has 0 saturated carbocycles. The number of amides is 1. The third-order valence-corrected chi connectivity index (χ3v) is 5.23. The molecule has 1 heterocycles. The van der Waals surface area contributed by atoms with Crippen LogP contribution in [0, 0.1) is 0 Å². The van der Waals surface area contributed by atoms with E-state index in [1.807, 2.05) is 30.3 Å². The number of Topliss-reactive ketones (excluding diaryl/α,β-unsaturated/α-hetero) is 1. The lowest BCUT2D eigenvalue weighted by atomic mass is 9.98. The van der Waals surface area contributed by atoms with Gasteiger partial charge >= 0.3 is 0 Å². The molecule has 3 rings (SSSR count). The van der Waals surface area contributed by atoms with E-state index >= 15 is 0 Å². The van der Waals surface area contributed by atoms with Crippen LogP contribution in [0.2, 0.25) is 0 Å². The van der Waals surface area contributed by atoms with Gasteiger partial charge in [0, 0.05) is 29.9 Å². The fourth-order valence-corrected chi connectivity index (χ4v) is 3.65. The second-order valence-electron chi connectivity index (χ2n) is 6.83. The molecule has 0 fully saturated rings. The first kappa shape index (κ1) is 20.8. The van der Waals surface area contributed by atoms with Crippen molar-refractivity contribution in [1.82, 2.24) is 10.0 Å². The summed E-state index contributed by atoms with van der Waals surface area (Å²) in [5.41, 5.74) is 3.79. The Labute approximate surface area is 170 Å². The Bertz CT molecular complexity index is 1080. The molecule has 0 aliphatic carbocycles. The molecule has 0 atom stereocenters. The summed E-state index contributed by atoms with van der Waals surface area (Å²) in [5.74, 6) is -0.325. The predicted octanol–water partition coefficient (Wildman–Crippen LogP) is 2.24. The minimum atomic E-state index is -3.24. The molecule has 0 radical (unpaired) electrons. The van der Waals surface area contributed by atoms with Crippen molar-refractivity contribution in [3.05, 3.63) is 65.2 Å². The highest BCUT2D eigenvalue weighted by Crippen LogP contribution is 2.36. The standard InChI is InChI=1S/C21H23N3O4S/c1-14(25)16-9-10-18-17(13-16)19(21(26)24-18)20(15-7-4-3-5-8-15)22-11-6-12-23-29(2,27)28/h3-5,7-10,13,22-23H,6,11-12H2,1-2H3,(H,24,26). The number of sulfonamides is 1. The highest BCUT2D eigenvalue weighted by molar-refractivity contribution is 7.88. The van der Waals surface area contributed by atoms with Crippen LogP contribution in [-0.4, -0.2) is 39.5 Å². The number of hydrogen-bond donors (Lipinski definition) is 3. The van der Waals surface area contributed by atoms with Crippen LogP contribution in [0.4, 0.5) is 5.69 Å². The number of fused-ring (bicyclic) bond motifs is 1. The van der Waals surface area contributed by atoms with E-state index < -0.39 is 10.0 Å². The van der Waals surface area contributed by atoms with E-state index in [1.54, 1.807) is 18.2 Å². The minimum absolute atomic E-state index is 0.0763. The molecule has 1 aliphatic heterocycles. The van der Waals surface area contributed by atoms with Gasteiger partial charge in [-0.25, -0.2) is 13.1 Å². The van der Waals surface area contributed by atoms with Crippen LogP contribution in [0.5, 0.6) is 0 Å². The summed E-state index contributed by atoms with van der Waals surface area (Å²) >= 11 is 0. The summed E-state index contributed by atoms with van der Waals surface area (Å²) in [6.07, 6.45) is 1.66. The van der Waals surface area contributed by atoms with Crippen LogP contribution in [0.15, 0.2) is 48.5 Å². The highest BCUT2D eigenvalue weighted by Gasteiger charge is 2.28. The Morgan fingerprint density at radius 1 is 1.03 bits per heavy atom. The Balaban J connectivity index is 1.96. The number of hydrogen-bond acceptors (Lipinski definition) is 5.